The highest BCUT2D eigenvalue weighted by atomic mass is 32.2. The Morgan fingerprint density at radius 3 is 2.35 bits per heavy atom. The van der Waals surface area contributed by atoms with E-state index in [0.29, 0.717) is 4.90 Å². The van der Waals surface area contributed by atoms with Crippen LogP contribution in [0.15, 0.2) is 18.2 Å². The van der Waals surface area contributed by atoms with Crippen LogP contribution in [0, 0.1) is 10.1 Å². The summed E-state index contributed by atoms with van der Waals surface area (Å²) in [7, 11) is -3.82. The van der Waals surface area contributed by atoms with Crippen molar-refractivity contribution in [1.29, 1.82) is 0 Å². The van der Waals surface area contributed by atoms with Crippen LogP contribution in [0.25, 0.3) is 0 Å². The van der Waals surface area contributed by atoms with Gasteiger partial charge in [-0.25, -0.2) is 13.6 Å². The number of nitro benzene ring substituents is 1. The molecule has 0 fully saturated rings. The van der Waals surface area contributed by atoms with Gasteiger partial charge in [0.1, 0.15) is 0 Å². The summed E-state index contributed by atoms with van der Waals surface area (Å²) in [5.74, 6) is -2.03. The summed E-state index contributed by atoms with van der Waals surface area (Å²) < 4.78 is 21.7. The zero-order chi connectivity index (χ0) is 15.1. The first-order valence-corrected chi connectivity index (χ1v) is 7.07. The number of fused-ring (bicyclic) bond motifs is 1. The normalized spacial score (nSPS) is 14.6. The lowest BCUT2D eigenvalue weighted by Gasteiger charge is -2.12. The van der Waals surface area contributed by atoms with Gasteiger partial charge in [0.05, 0.1) is 21.8 Å². The third-order valence-corrected chi connectivity index (χ3v) is 3.52. The van der Waals surface area contributed by atoms with Crippen molar-refractivity contribution in [3.63, 3.8) is 0 Å². The smallest absolute Gasteiger partial charge is 0.270 e. The average Bonchev–Trinajstić information content (AvgIpc) is 2.58. The molecule has 0 radical (unpaired) electrons. The maximum absolute atomic E-state index is 11.9. The van der Waals surface area contributed by atoms with Crippen molar-refractivity contribution in [3.05, 3.63) is 39.4 Å². The Kier molecular flexibility index (Phi) is 3.28. The van der Waals surface area contributed by atoms with Gasteiger partial charge in [0.15, 0.2) is 0 Å². The summed E-state index contributed by atoms with van der Waals surface area (Å²) in [6.45, 7) is -0.390. The van der Waals surface area contributed by atoms with E-state index in [9.17, 15) is 28.1 Å². The minimum atomic E-state index is -3.82. The molecule has 9 nitrogen and oxygen atoms in total. The number of benzene rings is 1. The van der Waals surface area contributed by atoms with Gasteiger partial charge < -0.3 is 0 Å². The molecule has 106 valence electrons. The Morgan fingerprint density at radius 2 is 1.80 bits per heavy atom. The number of nitrogens with two attached hydrogens (primary N) is 1. The maximum Gasteiger partial charge on any atom is 0.270 e. The molecule has 20 heavy (non-hydrogen) atoms. The molecule has 0 aliphatic carbocycles. The van der Waals surface area contributed by atoms with E-state index in [2.05, 4.69) is 0 Å². The quantitative estimate of drug-likeness (QED) is 0.450. The molecule has 1 aliphatic rings. The fourth-order valence-corrected chi connectivity index (χ4v) is 2.25. The predicted molar refractivity (Wildman–Crippen MR) is 66.4 cm³/mol. The van der Waals surface area contributed by atoms with E-state index in [1.807, 2.05) is 0 Å². The molecule has 0 unspecified atom stereocenters. The molecule has 0 bridgehead atoms. The Balaban J connectivity index is 2.33. The van der Waals surface area contributed by atoms with E-state index >= 15 is 0 Å². The van der Waals surface area contributed by atoms with Crippen molar-refractivity contribution in [3.8, 4) is 0 Å². The van der Waals surface area contributed by atoms with Gasteiger partial charge in [0.2, 0.25) is 10.0 Å². The molecule has 1 heterocycles. The first kappa shape index (κ1) is 14.1. The van der Waals surface area contributed by atoms with Gasteiger partial charge in [-0.15, -0.1) is 0 Å². The molecule has 0 spiro atoms. The van der Waals surface area contributed by atoms with E-state index in [0.717, 1.165) is 12.1 Å². The molecule has 0 saturated heterocycles. The van der Waals surface area contributed by atoms with Crippen LogP contribution in [-0.2, 0) is 10.0 Å². The second-order valence-electron chi connectivity index (χ2n) is 4.12. The minimum absolute atomic E-state index is 0.00928. The molecule has 10 heteroatoms. The maximum atomic E-state index is 11.9. The van der Waals surface area contributed by atoms with E-state index in [-0.39, 0.29) is 23.4 Å². The summed E-state index contributed by atoms with van der Waals surface area (Å²) in [5.41, 5.74) is -0.424. The number of carbonyl (C=O) groups is 2. The summed E-state index contributed by atoms with van der Waals surface area (Å²) >= 11 is 0. The fourth-order valence-electron chi connectivity index (χ4n) is 1.81. The molecule has 0 atom stereocenters. The van der Waals surface area contributed by atoms with E-state index < -0.39 is 32.5 Å². The molecule has 1 aliphatic heterocycles. The van der Waals surface area contributed by atoms with Crippen molar-refractivity contribution in [1.82, 2.24) is 4.90 Å². The molecule has 2 amide bonds. The highest BCUT2D eigenvalue weighted by Crippen LogP contribution is 2.26. The second-order valence-corrected chi connectivity index (χ2v) is 5.85. The lowest BCUT2D eigenvalue weighted by Crippen LogP contribution is -2.35. The lowest BCUT2D eigenvalue weighted by atomic mass is 10.1. The van der Waals surface area contributed by atoms with Gasteiger partial charge in [-0.1, -0.05) is 0 Å². The number of rotatable bonds is 4. The molecular formula is C10H9N3O6S. The third kappa shape index (κ3) is 2.51. The molecule has 0 aromatic heterocycles. The van der Waals surface area contributed by atoms with Crippen molar-refractivity contribution >= 4 is 27.5 Å². The van der Waals surface area contributed by atoms with Gasteiger partial charge in [0.25, 0.3) is 17.5 Å². The van der Waals surface area contributed by atoms with E-state index in [4.69, 9.17) is 5.14 Å². The van der Waals surface area contributed by atoms with Crippen LogP contribution in [-0.4, -0.2) is 42.4 Å². The van der Waals surface area contributed by atoms with Gasteiger partial charge in [-0.05, 0) is 6.07 Å². The largest absolute Gasteiger partial charge is 0.273 e. The van der Waals surface area contributed by atoms with Crippen molar-refractivity contribution in [2.24, 2.45) is 5.14 Å². The first-order chi connectivity index (χ1) is 9.20. The molecule has 2 N–H and O–H groups in total. The molecule has 0 saturated carbocycles. The highest BCUT2D eigenvalue weighted by Gasteiger charge is 2.36. The number of hydrogen-bond acceptors (Lipinski definition) is 6. The summed E-state index contributed by atoms with van der Waals surface area (Å²) in [5, 5.41) is 15.4. The van der Waals surface area contributed by atoms with E-state index in [1.165, 1.54) is 6.07 Å². The Labute approximate surface area is 113 Å². The number of amides is 2. The summed E-state index contributed by atoms with van der Waals surface area (Å²) in [6.07, 6.45) is 0. The second kappa shape index (κ2) is 4.65. The van der Waals surface area contributed by atoms with Gasteiger partial charge in [-0.2, -0.15) is 0 Å². The summed E-state index contributed by atoms with van der Waals surface area (Å²) in [6, 6.07) is 3.27. The van der Waals surface area contributed by atoms with Crippen molar-refractivity contribution < 1.29 is 22.9 Å². The standard InChI is InChI=1S/C10H9N3O6S/c11-20(18,19)4-3-12-9(14)7-2-1-6(13(16)17)5-8(7)10(12)15/h1-2,5H,3-4H2,(H2,11,18,19). The first-order valence-electron chi connectivity index (χ1n) is 5.36. The van der Waals surface area contributed by atoms with Crippen LogP contribution in [0.2, 0.25) is 0 Å². The molecule has 1 aromatic carbocycles. The number of nitro groups is 1. The number of imide groups is 1. The molecule has 1 aromatic rings. The Hall–Kier alpha value is -2.33. The fraction of sp³-hybridized carbons (Fsp3) is 0.200. The number of non-ortho nitro benzene ring substituents is 1. The van der Waals surface area contributed by atoms with Crippen LogP contribution in [0.5, 0.6) is 0 Å². The highest BCUT2D eigenvalue weighted by molar-refractivity contribution is 7.89. The zero-order valence-corrected chi connectivity index (χ0v) is 10.8. The minimum Gasteiger partial charge on any atom is -0.273 e. The molecule has 2 rings (SSSR count). The predicted octanol–water partition coefficient (Wildman–Crippen LogP) is -0.521. The number of primary sulfonamides is 1. The van der Waals surface area contributed by atoms with Gasteiger partial charge in [0, 0.05) is 18.7 Å². The number of carbonyl (C=O) groups excluding carboxylic acids is 2. The average molecular weight is 299 g/mol. The van der Waals surface area contributed by atoms with Crippen LogP contribution < -0.4 is 5.14 Å². The topological polar surface area (TPSA) is 141 Å². The number of nitrogens with zero attached hydrogens (tertiary/aromatic N) is 2. The number of hydrogen-bond donors (Lipinski definition) is 1. The summed E-state index contributed by atoms with van der Waals surface area (Å²) in [4.78, 5) is 34.5. The molecular weight excluding hydrogens is 290 g/mol. The van der Waals surface area contributed by atoms with Crippen LogP contribution >= 0.6 is 0 Å². The van der Waals surface area contributed by atoms with Crippen molar-refractivity contribution in [2.45, 2.75) is 0 Å². The SMILES string of the molecule is NS(=O)(=O)CCN1C(=O)c2ccc([N+](=O)[O-])cc2C1=O. The Morgan fingerprint density at radius 1 is 1.20 bits per heavy atom. The van der Waals surface area contributed by atoms with Crippen LogP contribution in [0.4, 0.5) is 5.69 Å². The van der Waals surface area contributed by atoms with Gasteiger partial charge >= 0.3 is 0 Å². The van der Waals surface area contributed by atoms with Crippen molar-refractivity contribution in [2.75, 3.05) is 12.3 Å². The van der Waals surface area contributed by atoms with Crippen LogP contribution in [0.1, 0.15) is 20.7 Å². The van der Waals surface area contributed by atoms with E-state index in [1.54, 1.807) is 0 Å². The monoisotopic (exact) mass is 299 g/mol. The lowest BCUT2D eigenvalue weighted by molar-refractivity contribution is -0.384. The van der Waals surface area contributed by atoms with Crippen LogP contribution in [0.3, 0.4) is 0 Å². The number of sulfonamides is 1. The zero-order valence-electron chi connectivity index (χ0n) is 9.98. The Bertz CT molecular complexity index is 727. The third-order valence-electron chi connectivity index (χ3n) is 2.76. The van der Waals surface area contributed by atoms with Gasteiger partial charge in [-0.3, -0.25) is 24.6 Å².